The largest absolute Gasteiger partial charge is 0.308 e. The van der Waals surface area contributed by atoms with Crippen molar-refractivity contribution >= 4 is 68.4 Å². The number of aromatic nitrogens is 1. The highest BCUT2D eigenvalue weighted by Crippen LogP contribution is 2.30. The number of anilines is 1. The normalized spacial score (nSPS) is 10.9. The summed E-state index contributed by atoms with van der Waals surface area (Å²) in [6.45, 7) is 3.50. The number of nitrogens with zero attached hydrogens (tertiary/aromatic N) is 3. The van der Waals surface area contributed by atoms with E-state index in [0.717, 1.165) is 37.6 Å². The Kier molecular flexibility index (Phi) is 9.24. The number of carbonyl (C=O) groups excluding carboxylic acids is 1. The molecular formula is C21H25Cl2N3OS2. The molecule has 0 saturated carbocycles. The lowest BCUT2D eigenvalue weighted by molar-refractivity contribution is -0.118. The van der Waals surface area contributed by atoms with Crippen LogP contribution >= 0.6 is 47.1 Å². The number of carbonyl (C=O) groups is 1. The molecule has 0 spiro atoms. The number of rotatable bonds is 8. The van der Waals surface area contributed by atoms with Gasteiger partial charge in [0.15, 0.2) is 5.13 Å². The molecule has 0 N–H and O–H groups in total. The molecule has 0 unspecified atom stereocenters. The number of hydrogen-bond acceptors (Lipinski definition) is 5. The zero-order chi connectivity index (χ0) is 20.1. The van der Waals surface area contributed by atoms with Gasteiger partial charge in [-0.05, 0) is 63.0 Å². The van der Waals surface area contributed by atoms with Gasteiger partial charge in [-0.3, -0.25) is 9.69 Å². The van der Waals surface area contributed by atoms with Crippen molar-refractivity contribution < 1.29 is 4.79 Å². The van der Waals surface area contributed by atoms with Crippen LogP contribution < -0.4 is 4.90 Å². The lowest BCUT2D eigenvalue weighted by Crippen LogP contribution is -2.36. The Morgan fingerprint density at radius 3 is 2.55 bits per heavy atom. The highest BCUT2D eigenvalue weighted by molar-refractivity contribution is 7.99. The van der Waals surface area contributed by atoms with Crippen LogP contribution in [-0.2, 0) is 4.79 Å². The fraction of sp³-hybridized carbons (Fsp3) is 0.333. The number of aryl methyl sites for hydroxylation is 1. The number of fused-ring (bicyclic) bond motifs is 1. The molecule has 0 fully saturated rings. The molecule has 8 heteroatoms. The molecule has 1 amide bonds. The SMILES string of the molecule is Cc1ccc2nc(N(CCN(C)C)C(=O)CCSc3ccc(Cl)cc3)sc2c1.Cl. The Balaban J connectivity index is 0.00000300. The molecule has 0 radical (unpaired) electrons. The quantitative estimate of drug-likeness (QED) is 0.393. The summed E-state index contributed by atoms with van der Waals surface area (Å²) in [5.74, 6) is 0.835. The molecule has 0 saturated heterocycles. The summed E-state index contributed by atoms with van der Waals surface area (Å²) < 4.78 is 1.12. The molecule has 1 aromatic heterocycles. The maximum Gasteiger partial charge on any atom is 0.229 e. The van der Waals surface area contributed by atoms with Crippen LogP contribution in [0.4, 0.5) is 5.13 Å². The van der Waals surface area contributed by atoms with Gasteiger partial charge in [-0.2, -0.15) is 0 Å². The van der Waals surface area contributed by atoms with E-state index in [1.165, 1.54) is 5.56 Å². The van der Waals surface area contributed by atoms with Crippen LogP contribution in [0.1, 0.15) is 12.0 Å². The topological polar surface area (TPSA) is 36.4 Å². The van der Waals surface area contributed by atoms with Crippen molar-refractivity contribution in [2.24, 2.45) is 0 Å². The predicted molar refractivity (Wildman–Crippen MR) is 129 cm³/mol. The first kappa shape index (κ1) is 24.0. The lowest BCUT2D eigenvalue weighted by Gasteiger charge is -2.22. The number of thioether (sulfide) groups is 1. The first-order valence-electron chi connectivity index (χ1n) is 9.13. The molecule has 0 aliphatic heterocycles. The Morgan fingerprint density at radius 2 is 1.86 bits per heavy atom. The summed E-state index contributed by atoms with van der Waals surface area (Å²) in [4.78, 5) is 22.7. The maximum absolute atomic E-state index is 13.0. The third kappa shape index (κ3) is 6.86. The van der Waals surface area contributed by atoms with Crippen LogP contribution in [-0.4, -0.2) is 48.7 Å². The third-order valence-corrected chi connectivity index (χ3v) is 6.54. The standard InChI is InChI=1S/C21H24ClN3OS2.ClH/c1-15-4-9-18-19(14-15)28-21(23-18)25(12-11-24(2)3)20(26)10-13-27-17-7-5-16(22)6-8-17;/h4-9,14H,10-13H2,1-3H3;1H. The number of hydrogen-bond donors (Lipinski definition) is 0. The second kappa shape index (κ2) is 11.2. The molecule has 4 nitrogen and oxygen atoms in total. The molecule has 3 aromatic rings. The van der Waals surface area contributed by atoms with E-state index >= 15 is 0 Å². The average molecular weight is 470 g/mol. The van der Waals surface area contributed by atoms with Gasteiger partial charge in [0, 0.05) is 35.2 Å². The van der Waals surface area contributed by atoms with Gasteiger partial charge in [0.25, 0.3) is 0 Å². The van der Waals surface area contributed by atoms with E-state index in [2.05, 4.69) is 24.0 Å². The molecule has 0 atom stereocenters. The van der Waals surface area contributed by atoms with Crippen molar-refractivity contribution in [3.05, 3.63) is 53.1 Å². The van der Waals surface area contributed by atoms with Gasteiger partial charge in [-0.25, -0.2) is 4.98 Å². The van der Waals surface area contributed by atoms with Crippen molar-refractivity contribution in [2.45, 2.75) is 18.2 Å². The highest BCUT2D eigenvalue weighted by Gasteiger charge is 2.19. The Hall–Kier alpha value is -1.31. The molecule has 156 valence electrons. The van der Waals surface area contributed by atoms with Crippen LogP contribution in [0.15, 0.2) is 47.4 Å². The van der Waals surface area contributed by atoms with E-state index in [1.54, 1.807) is 23.1 Å². The minimum atomic E-state index is 0. The van der Waals surface area contributed by atoms with Gasteiger partial charge in [0.2, 0.25) is 5.91 Å². The maximum atomic E-state index is 13.0. The van der Waals surface area contributed by atoms with E-state index in [-0.39, 0.29) is 18.3 Å². The van der Waals surface area contributed by atoms with E-state index in [9.17, 15) is 4.79 Å². The molecule has 0 aliphatic carbocycles. The fourth-order valence-electron chi connectivity index (χ4n) is 2.68. The summed E-state index contributed by atoms with van der Waals surface area (Å²) in [5, 5.41) is 1.50. The van der Waals surface area contributed by atoms with Crippen LogP contribution in [0.2, 0.25) is 5.02 Å². The molecule has 0 bridgehead atoms. The van der Waals surface area contributed by atoms with Crippen LogP contribution in [0.5, 0.6) is 0 Å². The van der Waals surface area contributed by atoms with E-state index < -0.39 is 0 Å². The lowest BCUT2D eigenvalue weighted by atomic mass is 10.2. The number of amides is 1. The Bertz CT molecular complexity index is 945. The van der Waals surface area contributed by atoms with Crippen molar-refractivity contribution in [3.63, 3.8) is 0 Å². The van der Waals surface area contributed by atoms with Crippen molar-refractivity contribution in [3.8, 4) is 0 Å². The van der Waals surface area contributed by atoms with Crippen LogP contribution in [0.3, 0.4) is 0 Å². The molecule has 29 heavy (non-hydrogen) atoms. The highest BCUT2D eigenvalue weighted by atomic mass is 35.5. The Morgan fingerprint density at radius 1 is 1.14 bits per heavy atom. The van der Waals surface area contributed by atoms with Crippen LogP contribution in [0, 0.1) is 6.92 Å². The minimum absolute atomic E-state index is 0. The predicted octanol–water partition coefficient (Wildman–Crippen LogP) is 5.76. The Labute approximate surface area is 191 Å². The second-order valence-corrected chi connectivity index (χ2v) is 9.48. The monoisotopic (exact) mass is 469 g/mol. The zero-order valence-corrected chi connectivity index (χ0v) is 19.9. The molecule has 2 aromatic carbocycles. The summed E-state index contributed by atoms with van der Waals surface area (Å²) in [5.41, 5.74) is 2.15. The van der Waals surface area contributed by atoms with Crippen molar-refractivity contribution in [1.29, 1.82) is 0 Å². The van der Waals surface area contributed by atoms with Gasteiger partial charge >= 0.3 is 0 Å². The second-order valence-electron chi connectivity index (χ2n) is 6.87. The summed E-state index contributed by atoms with van der Waals surface area (Å²) in [6, 6.07) is 13.9. The number of thiazole rings is 1. The fourth-order valence-corrected chi connectivity index (χ4v) is 4.76. The number of likely N-dealkylation sites (N-methyl/N-ethyl adjacent to an activating group) is 1. The van der Waals surface area contributed by atoms with Crippen molar-refractivity contribution in [1.82, 2.24) is 9.88 Å². The first-order valence-corrected chi connectivity index (χ1v) is 11.3. The molecule has 1 heterocycles. The van der Waals surface area contributed by atoms with E-state index in [1.807, 2.05) is 49.3 Å². The third-order valence-electron chi connectivity index (χ3n) is 4.23. The van der Waals surface area contributed by atoms with Crippen molar-refractivity contribution in [2.75, 3.05) is 37.8 Å². The minimum Gasteiger partial charge on any atom is -0.308 e. The number of benzene rings is 2. The van der Waals surface area contributed by atoms with Gasteiger partial charge in [0.05, 0.1) is 10.2 Å². The summed E-state index contributed by atoms with van der Waals surface area (Å²) in [7, 11) is 4.03. The number of halogens is 2. The zero-order valence-electron chi connectivity index (χ0n) is 16.7. The van der Waals surface area contributed by atoms with Crippen LogP contribution in [0.25, 0.3) is 10.2 Å². The van der Waals surface area contributed by atoms with E-state index in [0.29, 0.717) is 13.0 Å². The first-order chi connectivity index (χ1) is 13.4. The molecule has 0 aliphatic rings. The van der Waals surface area contributed by atoms with Gasteiger partial charge in [-0.15, -0.1) is 24.2 Å². The van der Waals surface area contributed by atoms with Gasteiger partial charge in [-0.1, -0.05) is 29.0 Å². The summed E-state index contributed by atoms with van der Waals surface area (Å²) in [6.07, 6.45) is 0.468. The van der Waals surface area contributed by atoms with E-state index in [4.69, 9.17) is 16.6 Å². The molecular weight excluding hydrogens is 445 g/mol. The molecule has 3 rings (SSSR count). The van der Waals surface area contributed by atoms with Gasteiger partial charge < -0.3 is 4.90 Å². The summed E-state index contributed by atoms with van der Waals surface area (Å²) >= 11 is 9.18. The average Bonchev–Trinajstić information content (AvgIpc) is 3.06. The smallest absolute Gasteiger partial charge is 0.229 e. The van der Waals surface area contributed by atoms with Gasteiger partial charge in [0.1, 0.15) is 0 Å².